The van der Waals surface area contributed by atoms with Gasteiger partial charge in [0.25, 0.3) is 0 Å². The summed E-state index contributed by atoms with van der Waals surface area (Å²) in [5.74, 6) is 0.778. The Balaban J connectivity index is 1.86. The standard InChI is InChI=1S/C23H29NO5S/c1-3-28-23(26)21(25)22(15-8-10-16(27-2)11-9-15)30-20-14-18(12-13-19(20)24)29-17-6-4-5-7-17/h8-14,17,21-22,25H,3-7,24H2,1-2H3/t21-,22+/m1/s1. The lowest BCUT2D eigenvalue weighted by atomic mass is 10.1. The number of ether oxygens (including phenoxy) is 3. The van der Waals surface area contributed by atoms with E-state index in [9.17, 15) is 9.90 Å². The molecule has 0 heterocycles. The van der Waals surface area contributed by atoms with Crippen LogP contribution in [-0.2, 0) is 9.53 Å². The van der Waals surface area contributed by atoms with Gasteiger partial charge in [-0.2, -0.15) is 0 Å². The van der Waals surface area contributed by atoms with E-state index in [0.29, 0.717) is 11.4 Å². The topological polar surface area (TPSA) is 91.0 Å². The van der Waals surface area contributed by atoms with Crippen molar-refractivity contribution in [3.05, 3.63) is 48.0 Å². The van der Waals surface area contributed by atoms with Gasteiger partial charge in [0.2, 0.25) is 0 Å². The lowest BCUT2D eigenvalue weighted by molar-refractivity contribution is -0.153. The molecule has 3 rings (SSSR count). The molecule has 0 unspecified atom stereocenters. The zero-order valence-electron chi connectivity index (χ0n) is 17.4. The molecule has 0 saturated heterocycles. The Morgan fingerprint density at radius 1 is 1.17 bits per heavy atom. The SMILES string of the molecule is CCOC(=O)[C@H](O)[C@@H](Sc1cc(OC2CCCC2)ccc1N)c1ccc(OC)cc1. The molecule has 0 amide bonds. The van der Waals surface area contributed by atoms with Crippen LogP contribution in [0.25, 0.3) is 0 Å². The number of esters is 1. The molecule has 2 aromatic carbocycles. The van der Waals surface area contributed by atoms with Gasteiger partial charge in [0.05, 0.1) is 25.1 Å². The van der Waals surface area contributed by atoms with Gasteiger partial charge < -0.3 is 25.1 Å². The van der Waals surface area contributed by atoms with Gasteiger partial charge in [-0.25, -0.2) is 4.79 Å². The normalized spacial score (nSPS) is 16.1. The van der Waals surface area contributed by atoms with Crippen molar-refractivity contribution in [3.8, 4) is 11.5 Å². The number of nitrogen functional groups attached to an aromatic ring is 1. The van der Waals surface area contributed by atoms with Crippen LogP contribution in [0.1, 0.15) is 43.4 Å². The maximum Gasteiger partial charge on any atom is 0.336 e. The summed E-state index contributed by atoms with van der Waals surface area (Å²) in [5.41, 5.74) is 7.54. The van der Waals surface area contributed by atoms with Crippen LogP contribution in [0.15, 0.2) is 47.4 Å². The van der Waals surface area contributed by atoms with Crippen molar-refractivity contribution in [1.82, 2.24) is 0 Å². The number of aliphatic hydroxyl groups is 1. The number of methoxy groups -OCH3 is 1. The molecule has 3 N–H and O–H groups in total. The van der Waals surface area contributed by atoms with Gasteiger partial charge in [0.15, 0.2) is 6.10 Å². The monoisotopic (exact) mass is 431 g/mol. The molecule has 30 heavy (non-hydrogen) atoms. The number of rotatable bonds is 9. The molecule has 1 fully saturated rings. The number of aliphatic hydroxyl groups excluding tert-OH is 1. The smallest absolute Gasteiger partial charge is 0.336 e. The molecule has 7 heteroatoms. The van der Waals surface area contributed by atoms with E-state index in [1.807, 2.05) is 24.3 Å². The minimum atomic E-state index is -1.35. The molecule has 0 spiro atoms. The first-order valence-corrected chi connectivity index (χ1v) is 11.1. The largest absolute Gasteiger partial charge is 0.497 e. The fourth-order valence-electron chi connectivity index (χ4n) is 3.49. The minimum absolute atomic E-state index is 0.197. The van der Waals surface area contributed by atoms with Crippen molar-refractivity contribution in [2.24, 2.45) is 0 Å². The molecule has 0 aliphatic heterocycles. The molecular weight excluding hydrogens is 402 g/mol. The number of carbonyl (C=O) groups excluding carboxylic acids is 1. The van der Waals surface area contributed by atoms with E-state index in [4.69, 9.17) is 19.9 Å². The summed E-state index contributed by atoms with van der Waals surface area (Å²) < 4.78 is 16.4. The Morgan fingerprint density at radius 3 is 2.47 bits per heavy atom. The van der Waals surface area contributed by atoms with E-state index >= 15 is 0 Å². The van der Waals surface area contributed by atoms with Gasteiger partial charge in [0.1, 0.15) is 11.5 Å². The number of benzene rings is 2. The summed E-state index contributed by atoms with van der Waals surface area (Å²) in [6, 6.07) is 12.8. The summed E-state index contributed by atoms with van der Waals surface area (Å²) in [4.78, 5) is 13.0. The maximum atomic E-state index is 12.3. The summed E-state index contributed by atoms with van der Waals surface area (Å²) in [6.45, 7) is 1.91. The number of hydrogen-bond donors (Lipinski definition) is 2. The highest BCUT2D eigenvalue weighted by molar-refractivity contribution is 7.99. The molecule has 2 atom stereocenters. The molecule has 0 radical (unpaired) electrons. The predicted octanol–water partition coefficient (Wildman–Crippen LogP) is 4.36. The number of anilines is 1. The summed E-state index contributed by atoms with van der Waals surface area (Å²) in [6.07, 6.45) is 3.38. The van der Waals surface area contributed by atoms with Gasteiger partial charge in [-0.3, -0.25) is 0 Å². The fourth-order valence-corrected chi connectivity index (χ4v) is 4.68. The maximum absolute atomic E-state index is 12.3. The molecule has 0 aromatic heterocycles. The van der Waals surface area contributed by atoms with Gasteiger partial charge in [-0.15, -0.1) is 11.8 Å². The molecule has 0 bridgehead atoms. The Labute approximate surface area is 181 Å². The fraction of sp³-hybridized carbons (Fsp3) is 0.435. The number of hydrogen-bond acceptors (Lipinski definition) is 7. The molecule has 1 aliphatic rings. The molecule has 2 aromatic rings. The third-order valence-corrected chi connectivity index (χ3v) is 6.49. The van der Waals surface area contributed by atoms with Crippen molar-refractivity contribution in [3.63, 3.8) is 0 Å². The first-order valence-electron chi connectivity index (χ1n) is 10.2. The number of nitrogens with two attached hydrogens (primary N) is 1. The Kier molecular flexibility index (Phi) is 7.87. The number of carbonyl (C=O) groups is 1. The van der Waals surface area contributed by atoms with Gasteiger partial charge >= 0.3 is 5.97 Å². The van der Waals surface area contributed by atoms with Crippen molar-refractivity contribution in [2.75, 3.05) is 19.5 Å². The average molecular weight is 432 g/mol. The highest BCUT2D eigenvalue weighted by Gasteiger charge is 2.30. The van der Waals surface area contributed by atoms with E-state index in [2.05, 4.69) is 0 Å². The van der Waals surface area contributed by atoms with Crippen molar-refractivity contribution >= 4 is 23.4 Å². The molecule has 162 valence electrons. The molecular formula is C23H29NO5S. The summed E-state index contributed by atoms with van der Waals surface area (Å²) in [7, 11) is 1.59. The van der Waals surface area contributed by atoms with Crippen LogP contribution < -0.4 is 15.2 Å². The van der Waals surface area contributed by atoms with E-state index < -0.39 is 17.3 Å². The van der Waals surface area contributed by atoms with Crippen LogP contribution in [0.2, 0.25) is 0 Å². The van der Waals surface area contributed by atoms with Crippen LogP contribution in [0, 0.1) is 0 Å². The van der Waals surface area contributed by atoms with Crippen LogP contribution >= 0.6 is 11.8 Å². The zero-order chi connectivity index (χ0) is 21.5. The van der Waals surface area contributed by atoms with Gasteiger partial charge in [0, 0.05) is 10.6 Å². The van der Waals surface area contributed by atoms with Gasteiger partial charge in [-0.1, -0.05) is 12.1 Å². The van der Waals surface area contributed by atoms with Gasteiger partial charge in [-0.05, 0) is 68.5 Å². The first kappa shape index (κ1) is 22.3. The van der Waals surface area contributed by atoms with Crippen LogP contribution in [0.5, 0.6) is 11.5 Å². The zero-order valence-corrected chi connectivity index (χ0v) is 18.2. The first-order chi connectivity index (χ1) is 14.5. The van der Waals surface area contributed by atoms with E-state index in [1.165, 1.54) is 24.6 Å². The van der Waals surface area contributed by atoms with Crippen molar-refractivity contribution in [2.45, 2.75) is 55.0 Å². The predicted molar refractivity (Wildman–Crippen MR) is 118 cm³/mol. The number of thioether (sulfide) groups is 1. The summed E-state index contributed by atoms with van der Waals surface area (Å²) >= 11 is 1.32. The van der Waals surface area contributed by atoms with Crippen LogP contribution in [-0.4, -0.2) is 37.0 Å². The second-order valence-corrected chi connectivity index (χ2v) is 8.42. The third-order valence-electron chi connectivity index (χ3n) is 5.10. The highest BCUT2D eigenvalue weighted by atomic mass is 32.2. The second-order valence-electron chi connectivity index (χ2n) is 7.23. The second kappa shape index (κ2) is 10.6. The average Bonchev–Trinajstić information content (AvgIpc) is 3.27. The quantitative estimate of drug-likeness (QED) is 0.346. The Morgan fingerprint density at radius 2 is 1.83 bits per heavy atom. The minimum Gasteiger partial charge on any atom is -0.497 e. The molecule has 6 nitrogen and oxygen atoms in total. The molecule has 1 saturated carbocycles. The van der Waals surface area contributed by atoms with Crippen LogP contribution in [0.4, 0.5) is 5.69 Å². The van der Waals surface area contributed by atoms with Crippen molar-refractivity contribution < 1.29 is 24.1 Å². The third kappa shape index (κ3) is 5.61. The molecule has 1 aliphatic carbocycles. The highest BCUT2D eigenvalue weighted by Crippen LogP contribution is 2.42. The lowest BCUT2D eigenvalue weighted by Gasteiger charge is -2.23. The lowest BCUT2D eigenvalue weighted by Crippen LogP contribution is -2.28. The Bertz CT molecular complexity index is 836. The van der Waals surface area contributed by atoms with E-state index in [-0.39, 0.29) is 12.7 Å². The van der Waals surface area contributed by atoms with Crippen LogP contribution in [0.3, 0.4) is 0 Å². The summed E-state index contributed by atoms with van der Waals surface area (Å²) in [5, 5.41) is 10.1. The van der Waals surface area contributed by atoms with E-state index in [0.717, 1.165) is 29.1 Å². The Hall–Kier alpha value is -2.38. The van der Waals surface area contributed by atoms with E-state index in [1.54, 1.807) is 32.2 Å². The van der Waals surface area contributed by atoms with Crippen molar-refractivity contribution in [1.29, 1.82) is 0 Å².